The lowest BCUT2D eigenvalue weighted by Gasteiger charge is -2.10. The summed E-state index contributed by atoms with van der Waals surface area (Å²) in [6.07, 6.45) is 1.76. The minimum absolute atomic E-state index is 0.623. The highest BCUT2D eigenvalue weighted by Gasteiger charge is 2.13. The predicted octanol–water partition coefficient (Wildman–Crippen LogP) is 3.59. The topological polar surface area (TPSA) is 53.1 Å². The fourth-order valence-electron chi connectivity index (χ4n) is 2.28. The number of benzene rings is 2. The van der Waals surface area contributed by atoms with Crippen LogP contribution in [0.2, 0.25) is 0 Å². The third-order valence-corrected chi connectivity index (χ3v) is 3.89. The standard InChI is InChI=1S/C15H14BrN3O/c1-19-15(17)13(8-18-19)12-6-10-5-11(16)4-3-9(10)7-14(12)20-2/h3-8H,17H2,1-2H3. The minimum Gasteiger partial charge on any atom is -0.496 e. The minimum atomic E-state index is 0.623. The highest BCUT2D eigenvalue weighted by molar-refractivity contribution is 9.10. The Morgan fingerprint density at radius 2 is 1.95 bits per heavy atom. The second-order valence-electron chi connectivity index (χ2n) is 4.61. The first-order chi connectivity index (χ1) is 9.60. The van der Waals surface area contributed by atoms with E-state index in [9.17, 15) is 0 Å². The Balaban J connectivity index is 2.30. The van der Waals surface area contributed by atoms with Crippen LogP contribution in [0.1, 0.15) is 0 Å². The molecule has 1 heterocycles. The maximum Gasteiger partial charge on any atom is 0.129 e. The number of hydrogen-bond donors (Lipinski definition) is 1. The van der Waals surface area contributed by atoms with Crippen molar-refractivity contribution in [2.24, 2.45) is 7.05 Å². The molecule has 0 radical (unpaired) electrons. The summed E-state index contributed by atoms with van der Waals surface area (Å²) in [4.78, 5) is 0. The summed E-state index contributed by atoms with van der Waals surface area (Å²) in [6, 6.07) is 10.2. The van der Waals surface area contributed by atoms with Gasteiger partial charge in [-0.25, -0.2) is 0 Å². The van der Waals surface area contributed by atoms with Crippen molar-refractivity contribution in [3.8, 4) is 16.9 Å². The van der Waals surface area contributed by atoms with Crippen molar-refractivity contribution < 1.29 is 4.74 Å². The van der Waals surface area contributed by atoms with Crippen LogP contribution in [0.4, 0.5) is 5.82 Å². The SMILES string of the molecule is COc1cc2ccc(Br)cc2cc1-c1cnn(C)c1N. The van der Waals surface area contributed by atoms with E-state index in [0.29, 0.717) is 5.82 Å². The first-order valence-electron chi connectivity index (χ1n) is 6.15. The zero-order chi connectivity index (χ0) is 14.3. The van der Waals surface area contributed by atoms with Gasteiger partial charge in [-0.15, -0.1) is 0 Å². The monoisotopic (exact) mass is 331 g/mol. The van der Waals surface area contributed by atoms with Crippen LogP contribution in [-0.4, -0.2) is 16.9 Å². The Hall–Kier alpha value is -2.01. The van der Waals surface area contributed by atoms with Gasteiger partial charge in [0, 0.05) is 22.6 Å². The van der Waals surface area contributed by atoms with E-state index in [0.717, 1.165) is 32.1 Å². The summed E-state index contributed by atoms with van der Waals surface area (Å²) in [5.41, 5.74) is 7.90. The van der Waals surface area contributed by atoms with E-state index < -0.39 is 0 Å². The molecule has 0 bridgehead atoms. The van der Waals surface area contributed by atoms with Gasteiger partial charge in [0.1, 0.15) is 11.6 Å². The summed E-state index contributed by atoms with van der Waals surface area (Å²) >= 11 is 3.49. The number of halogens is 1. The molecule has 2 aromatic carbocycles. The zero-order valence-corrected chi connectivity index (χ0v) is 12.8. The molecule has 2 N–H and O–H groups in total. The number of aromatic nitrogens is 2. The number of rotatable bonds is 2. The largest absolute Gasteiger partial charge is 0.496 e. The van der Waals surface area contributed by atoms with Gasteiger partial charge >= 0.3 is 0 Å². The number of nitrogens with two attached hydrogens (primary N) is 1. The molecule has 3 aromatic rings. The molecule has 0 aliphatic heterocycles. The Morgan fingerprint density at radius 3 is 2.60 bits per heavy atom. The lowest BCUT2D eigenvalue weighted by atomic mass is 10.0. The van der Waals surface area contributed by atoms with Gasteiger partial charge < -0.3 is 10.5 Å². The van der Waals surface area contributed by atoms with Crippen LogP contribution in [0.15, 0.2) is 41.0 Å². The highest BCUT2D eigenvalue weighted by Crippen LogP contribution is 2.37. The Bertz CT molecular complexity index is 795. The lowest BCUT2D eigenvalue weighted by molar-refractivity contribution is 0.417. The molecule has 102 valence electrons. The fraction of sp³-hybridized carbons (Fsp3) is 0.133. The number of ether oxygens (including phenoxy) is 1. The van der Waals surface area contributed by atoms with Gasteiger partial charge in [-0.1, -0.05) is 22.0 Å². The van der Waals surface area contributed by atoms with E-state index in [2.05, 4.69) is 39.2 Å². The molecule has 0 aliphatic carbocycles. The number of hydrogen-bond acceptors (Lipinski definition) is 3. The Labute approximate surface area is 125 Å². The van der Waals surface area contributed by atoms with Crippen LogP contribution in [0.3, 0.4) is 0 Å². The van der Waals surface area contributed by atoms with Crippen LogP contribution in [0, 0.1) is 0 Å². The number of anilines is 1. The highest BCUT2D eigenvalue weighted by atomic mass is 79.9. The average Bonchev–Trinajstić information content (AvgIpc) is 2.77. The van der Waals surface area contributed by atoms with E-state index in [1.54, 1.807) is 18.0 Å². The van der Waals surface area contributed by atoms with Crippen molar-refractivity contribution in [2.45, 2.75) is 0 Å². The molecule has 0 spiro atoms. The number of fused-ring (bicyclic) bond motifs is 1. The second-order valence-corrected chi connectivity index (χ2v) is 5.53. The molecule has 4 nitrogen and oxygen atoms in total. The molecule has 0 saturated heterocycles. The number of aryl methyl sites for hydroxylation is 1. The molecule has 0 aliphatic rings. The molecule has 0 atom stereocenters. The molecule has 0 saturated carbocycles. The summed E-state index contributed by atoms with van der Waals surface area (Å²) in [6.45, 7) is 0. The number of nitrogen functional groups attached to an aromatic ring is 1. The maximum atomic E-state index is 6.07. The van der Waals surface area contributed by atoms with Crippen LogP contribution >= 0.6 is 15.9 Å². The van der Waals surface area contributed by atoms with Crippen molar-refractivity contribution in [1.82, 2.24) is 9.78 Å². The number of nitrogens with zero attached hydrogens (tertiary/aromatic N) is 2. The molecule has 20 heavy (non-hydrogen) atoms. The quantitative estimate of drug-likeness (QED) is 0.780. The van der Waals surface area contributed by atoms with Gasteiger partial charge in [-0.2, -0.15) is 5.10 Å². The van der Waals surface area contributed by atoms with Crippen LogP contribution in [-0.2, 0) is 7.05 Å². The van der Waals surface area contributed by atoms with Crippen molar-refractivity contribution >= 4 is 32.5 Å². The van der Waals surface area contributed by atoms with E-state index >= 15 is 0 Å². The predicted molar refractivity (Wildman–Crippen MR) is 84.8 cm³/mol. The third-order valence-electron chi connectivity index (χ3n) is 3.40. The van der Waals surface area contributed by atoms with Gasteiger partial charge in [0.05, 0.1) is 13.3 Å². The zero-order valence-electron chi connectivity index (χ0n) is 11.2. The van der Waals surface area contributed by atoms with Crippen LogP contribution in [0.5, 0.6) is 5.75 Å². The molecular weight excluding hydrogens is 318 g/mol. The van der Waals surface area contributed by atoms with Crippen molar-refractivity contribution in [1.29, 1.82) is 0 Å². The van der Waals surface area contributed by atoms with E-state index in [1.165, 1.54) is 0 Å². The van der Waals surface area contributed by atoms with Gasteiger partial charge in [-0.3, -0.25) is 4.68 Å². The van der Waals surface area contributed by atoms with Crippen molar-refractivity contribution in [3.63, 3.8) is 0 Å². The molecule has 0 fully saturated rings. The van der Waals surface area contributed by atoms with Crippen molar-refractivity contribution in [2.75, 3.05) is 12.8 Å². The van der Waals surface area contributed by atoms with Crippen LogP contribution in [0.25, 0.3) is 21.9 Å². The normalized spacial score (nSPS) is 10.9. The Morgan fingerprint density at radius 1 is 1.15 bits per heavy atom. The fourth-order valence-corrected chi connectivity index (χ4v) is 2.66. The Kier molecular flexibility index (Phi) is 3.14. The van der Waals surface area contributed by atoms with Gasteiger partial charge in [-0.05, 0) is 35.0 Å². The molecular formula is C15H14BrN3O. The average molecular weight is 332 g/mol. The molecule has 1 aromatic heterocycles. The van der Waals surface area contributed by atoms with Gasteiger partial charge in [0.25, 0.3) is 0 Å². The van der Waals surface area contributed by atoms with Crippen LogP contribution < -0.4 is 10.5 Å². The molecule has 0 amide bonds. The first kappa shape index (κ1) is 13.0. The van der Waals surface area contributed by atoms with E-state index in [-0.39, 0.29) is 0 Å². The summed E-state index contributed by atoms with van der Waals surface area (Å²) in [7, 11) is 3.49. The number of methoxy groups -OCH3 is 1. The van der Waals surface area contributed by atoms with Gasteiger partial charge in [0.15, 0.2) is 0 Å². The van der Waals surface area contributed by atoms with E-state index in [1.807, 2.05) is 19.2 Å². The second kappa shape index (κ2) is 4.83. The van der Waals surface area contributed by atoms with Gasteiger partial charge in [0.2, 0.25) is 0 Å². The summed E-state index contributed by atoms with van der Waals surface area (Å²) < 4.78 is 8.19. The first-order valence-corrected chi connectivity index (χ1v) is 6.94. The van der Waals surface area contributed by atoms with E-state index in [4.69, 9.17) is 10.5 Å². The molecule has 5 heteroatoms. The maximum absolute atomic E-state index is 6.07. The molecule has 0 unspecified atom stereocenters. The smallest absolute Gasteiger partial charge is 0.129 e. The third kappa shape index (κ3) is 2.04. The molecule has 3 rings (SSSR count). The lowest BCUT2D eigenvalue weighted by Crippen LogP contribution is -1.98. The van der Waals surface area contributed by atoms with Crippen molar-refractivity contribution in [3.05, 3.63) is 41.0 Å². The summed E-state index contributed by atoms with van der Waals surface area (Å²) in [5, 5.41) is 6.44. The summed E-state index contributed by atoms with van der Waals surface area (Å²) in [5.74, 6) is 1.41.